The number of halogens is 2. The molecule has 15 heavy (non-hydrogen) atoms. The van der Waals surface area contributed by atoms with Gasteiger partial charge in [0.25, 0.3) is 0 Å². The van der Waals surface area contributed by atoms with Crippen LogP contribution >= 0.6 is 27.5 Å². The topological polar surface area (TPSA) is 35.3 Å². The van der Waals surface area contributed by atoms with Crippen LogP contribution in [0.1, 0.15) is 5.69 Å². The minimum Gasteiger partial charge on any atom is -0.495 e. The molecule has 0 fully saturated rings. The highest BCUT2D eigenvalue weighted by Crippen LogP contribution is 2.31. The van der Waals surface area contributed by atoms with Crippen LogP contribution in [0.25, 0.3) is 11.0 Å². The van der Waals surface area contributed by atoms with Crippen LogP contribution in [0.2, 0.25) is 5.02 Å². The fourth-order valence-electron chi connectivity index (χ4n) is 1.42. The summed E-state index contributed by atoms with van der Waals surface area (Å²) in [5, 5.41) is 6.35. The van der Waals surface area contributed by atoms with E-state index in [0.29, 0.717) is 16.4 Å². The molecular weight excluding hydrogens is 281 g/mol. The van der Waals surface area contributed by atoms with Gasteiger partial charge in [-0.05, 0) is 6.07 Å². The largest absolute Gasteiger partial charge is 0.495 e. The third kappa shape index (κ3) is 1.96. The van der Waals surface area contributed by atoms with E-state index in [2.05, 4.69) is 21.1 Å². The van der Waals surface area contributed by atoms with Gasteiger partial charge >= 0.3 is 0 Å². The Bertz CT molecular complexity index is 483. The van der Waals surface area contributed by atoms with Crippen molar-refractivity contribution in [1.29, 1.82) is 0 Å². The molecule has 2 aromatic rings. The molecule has 1 aromatic carbocycles. The molecule has 0 radical (unpaired) electrons. The maximum absolute atomic E-state index is 6.03. The average Bonchev–Trinajstić information content (AvgIpc) is 2.61. The predicted octanol–water partition coefficient (Wildman–Crippen LogP) is 3.43. The number of ether oxygens (including phenoxy) is 1. The zero-order valence-corrected chi connectivity index (χ0v) is 10.4. The van der Waals surface area contributed by atoms with Gasteiger partial charge < -0.3 is 9.26 Å². The summed E-state index contributed by atoms with van der Waals surface area (Å²) in [6.45, 7) is 0. The van der Waals surface area contributed by atoms with E-state index in [9.17, 15) is 0 Å². The lowest BCUT2D eigenvalue weighted by Gasteiger charge is -2.01. The van der Waals surface area contributed by atoms with E-state index < -0.39 is 0 Å². The molecule has 0 unspecified atom stereocenters. The van der Waals surface area contributed by atoms with E-state index in [0.717, 1.165) is 22.8 Å². The summed E-state index contributed by atoms with van der Waals surface area (Å²) in [6, 6.07) is 3.58. The molecule has 0 aliphatic heterocycles. The van der Waals surface area contributed by atoms with Gasteiger partial charge in [0, 0.05) is 23.2 Å². The second-order valence-corrected chi connectivity index (χ2v) is 4.25. The number of methoxy groups -OCH3 is 1. The van der Waals surface area contributed by atoms with Crippen LogP contribution in [0, 0.1) is 0 Å². The first-order valence-corrected chi connectivity index (χ1v) is 5.94. The van der Waals surface area contributed by atoms with Crippen LogP contribution in [-0.2, 0) is 6.42 Å². The first kappa shape index (κ1) is 10.8. The number of fused-ring (bicyclic) bond motifs is 1. The summed E-state index contributed by atoms with van der Waals surface area (Å²) in [4.78, 5) is 0. The van der Waals surface area contributed by atoms with Crippen LogP contribution in [-0.4, -0.2) is 17.6 Å². The second kappa shape index (κ2) is 4.41. The Morgan fingerprint density at radius 1 is 1.53 bits per heavy atom. The number of alkyl halides is 1. The van der Waals surface area contributed by atoms with E-state index >= 15 is 0 Å². The van der Waals surface area contributed by atoms with Gasteiger partial charge in [-0.2, -0.15) is 0 Å². The van der Waals surface area contributed by atoms with Crippen molar-refractivity contribution in [3.05, 3.63) is 22.8 Å². The first-order valence-electron chi connectivity index (χ1n) is 4.44. The Balaban J connectivity index is 2.57. The summed E-state index contributed by atoms with van der Waals surface area (Å²) in [5.74, 6) is 0.603. The molecular formula is C10H9BrClNO2. The van der Waals surface area contributed by atoms with Gasteiger partial charge in [-0.15, -0.1) is 0 Å². The molecule has 1 aromatic heterocycles. The maximum atomic E-state index is 6.03. The summed E-state index contributed by atoms with van der Waals surface area (Å²) >= 11 is 9.39. The normalized spacial score (nSPS) is 10.9. The van der Waals surface area contributed by atoms with Gasteiger partial charge in [-0.25, -0.2) is 0 Å². The van der Waals surface area contributed by atoms with Crippen LogP contribution in [0.15, 0.2) is 16.7 Å². The van der Waals surface area contributed by atoms with Crippen LogP contribution in [0.4, 0.5) is 0 Å². The third-order valence-electron chi connectivity index (χ3n) is 2.15. The molecule has 0 spiro atoms. The highest BCUT2D eigenvalue weighted by atomic mass is 79.9. The third-order valence-corrected chi connectivity index (χ3v) is 2.84. The number of rotatable bonds is 3. The minimum absolute atomic E-state index is 0.573. The van der Waals surface area contributed by atoms with Crippen molar-refractivity contribution in [3.63, 3.8) is 0 Å². The summed E-state index contributed by atoms with van der Waals surface area (Å²) < 4.78 is 10.3. The zero-order chi connectivity index (χ0) is 10.8. The van der Waals surface area contributed by atoms with Crippen molar-refractivity contribution in [3.8, 4) is 5.75 Å². The van der Waals surface area contributed by atoms with Crippen molar-refractivity contribution in [2.75, 3.05) is 12.4 Å². The van der Waals surface area contributed by atoms with Crippen molar-refractivity contribution in [1.82, 2.24) is 5.16 Å². The monoisotopic (exact) mass is 289 g/mol. The average molecular weight is 291 g/mol. The number of aryl methyl sites for hydroxylation is 1. The SMILES string of the molecule is COc1cc2onc(CCBr)c2cc1Cl. The predicted molar refractivity (Wildman–Crippen MR) is 63.1 cm³/mol. The van der Waals surface area contributed by atoms with E-state index in [-0.39, 0.29) is 0 Å². The molecule has 0 aliphatic carbocycles. The summed E-state index contributed by atoms with van der Waals surface area (Å²) in [5.41, 5.74) is 1.61. The molecule has 5 heteroatoms. The summed E-state index contributed by atoms with van der Waals surface area (Å²) in [7, 11) is 1.57. The number of nitrogens with zero attached hydrogens (tertiary/aromatic N) is 1. The van der Waals surface area contributed by atoms with Crippen molar-refractivity contribution >= 4 is 38.5 Å². The van der Waals surface area contributed by atoms with E-state index in [1.165, 1.54) is 0 Å². The molecule has 80 valence electrons. The Labute approximate surface area is 100 Å². The van der Waals surface area contributed by atoms with Crippen molar-refractivity contribution in [2.45, 2.75) is 6.42 Å². The van der Waals surface area contributed by atoms with Gasteiger partial charge in [0.05, 0.1) is 17.8 Å². The highest BCUT2D eigenvalue weighted by molar-refractivity contribution is 9.09. The number of hydrogen-bond donors (Lipinski definition) is 0. The van der Waals surface area contributed by atoms with Crippen LogP contribution < -0.4 is 4.74 Å². The van der Waals surface area contributed by atoms with E-state index in [4.69, 9.17) is 20.9 Å². The first-order chi connectivity index (χ1) is 7.26. The molecule has 0 amide bonds. The highest BCUT2D eigenvalue weighted by Gasteiger charge is 2.11. The molecule has 0 aliphatic rings. The smallest absolute Gasteiger partial charge is 0.170 e. The Morgan fingerprint density at radius 3 is 3.00 bits per heavy atom. The lowest BCUT2D eigenvalue weighted by molar-refractivity contribution is 0.411. The summed E-state index contributed by atoms with van der Waals surface area (Å²) in [6.07, 6.45) is 0.815. The van der Waals surface area contributed by atoms with Gasteiger partial charge in [0.1, 0.15) is 5.75 Å². The molecule has 1 heterocycles. The number of benzene rings is 1. The molecule has 0 atom stereocenters. The zero-order valence-electron chi connectivity index (χ0n) is 8.09. The minimum atomic E-state index is 0.573. The Morgan fingerprint density at radius 2 is 2.33 bits per heavy atom. The quantitative estimate of drug-likeness (QED) is 0.812. The number of hydrogen-bond acceptors (Lipinski definition) is 3. The second-order valence-electron chi connectivity index (χ2n) is 3.05. The molecule has 0 N–H and O–H groups in total. The maximum Gasteiger partial charge on any atom is 0.170 e. The van der Waals surface area contributed by atoms with Gasteiger partial charge in [0.2, 0.25) is 0 Å². The van der Waals surface area contributed by atoms with Crippen molar-refractivity contribution in [2.24, 2.45) is 0 Å². The van der Waals surface area contributed by atoms with Crippen LogP contribution in [0.3, 0.4) is 0 Å². The molecule has 0 bridgehead atoms. The van der Waals surface area contributed by atoms with Crippen molar-refractivity contribution < 1.29 is 9.26 Å². The van der Waals surface area contributed by atoms with E-state index in [1.54, 1.807) is 13.2 Å². The lowest BCUT2D eigenvalue weighted by Crippen LogP contribution is -1.87. The Hall–Kier alpha value is -0.740. The fraction of sp³-hybridized carbons (Fsp3) is 0.300. The standard InChI is InChI=1S/C10H9BrClNO2/c1-14-10-5-9-6(4-7(10)12)8(2-3-11)13-15-9/h4-5H,2-3H2,1H3. The molecule has 3 nitrogen and oxygen atoms in total. The van der Waals surface area contributed by atoms with Crippen LogP contribution in [0.5, 0.6) is 5.75 Å². The lowest BCUT2D eigenvalue weighted by atomic mass is 10.2. The van der Waals surface area contributed by atoms with Gasteiger partial charge in [-0.3, -0.25) is 0 Å². The molecule has 0 saturated heterocycles. The molecule has 0 saturated carbocycles. The fourth-order valence-corrected chi connectivity index (χ4v) is 2.03. The van der Waals surface area contributed by atoms with Gasteiger partial charge in [0.15, 0.2) is 5.58 Å². The molecule has 2 rings (SSSR count). The number of aromatic nitrogens is 1. The van der Waals surface area contributed by atoms with Gasteiger partial charge in [-0.1, -0.05) is 32.7 Å². The van der Waals surface area contributed by atoms with E-state index in [1.807, 2.05) is 6.07 Å². The Kier molecular flexibility index (Phi) is 3.17.